The third-order valence-corrected chi connectivity index (χ3v) is 4.16. The van der Waals surface area contributed by atoms with Crippen LogP contribution in [0.2, 0.25) is 0 Å². The van der Waals surface area contributed by atoms with Crippen LogP contribution in [-0.2, 0) is 4.79 Å². The lowest BCUT2D eigenvalue weighted by molar-refractivity contribution is -0.127. The molecule has 23 heavy (non-hydrogen) atoms. The molecule has 4 nitrogen and oxygen atoms in total. The fourth-order valence-corrected chi connectivity index (χ4v) is 2.98. The molecule has 1 amide bonds. The molecule has 1 aliphatic carbocycles. The van der Waals surface area contributed by atoms with Crippen LogP contribution in [0, 0.1) is 5.41 Å². The Bertz CT molecular complexity index is 482. The lowest BCUT2D eigenvalue weighted by atomic mass is 9.85. The van der Waals surface area contributed by atoms with Gasteiger partial charge in [-0.15, -0.1) is 24.8 Å². The molecule has 1 aromatic heterocycles. The molecule has 1 aliphatic rings. The van der Waals surface area contributed by atoms with Gasteiger partial charge in [0.25, 0.3) is 0 Å². The Kier molecular flexibility index (Phi) is 8.53. The quantitative estimate of drug-likeness (QED) is 0.856. The van der Waals surface area contributed by atoms with Gasteiger partial charge in [-0.1, -0.05) is 39.7 Å². The van der Waals surface area contributed by atoms with E-state index in [1.54, 1.807) is 6.20 Å². The van der Waals surface area contributed by atoms with Crippen molar-refractivity contribution in [1.29, 1.82) is 0 Å². The zero-order valence-corrected chi connectivity index (χ0v) is 15.8. The number of hydrogen-bond acceptors (Lipinski definition) is 3. The van der Waals surface area contributed by atoms with Gasteiger partial charge in [-0.3, -0.25) is 9.78 Å². The second-order valence-electron chi connectivity index (χ2n) is 7.44. The number of hydrogen-bond donors (Lipinski definition) is 2. The van der Waals surface area contributed by atoms with Crippen molar-refractivity contribution in [3.8, 4) is 0 Å². The third kappa shape index (κ3) is 6.28. The van der Waals surface area contributed by atoms with E-state index in [9.17, 15) is 4.79 Å². The van der Waals surface area contributed by atoms with Gasteiger partial charge in [0.05, 0.1) is 11.6 Å². The van der Waals surface area contributed by atoms with Crippen molar-refractivity contribution in [2.24, 2.45) is 11.1 Å². The molecule has 132 valence electrons. The van der Waals surface area contributed by atoms with Gasteiger partial charge in [0, 0.05) is 12.4 Å². The van der Waals surface area contributed by atoms with E-state index in [4.69, 9.17) is 5.73 Å². The van der Waals surface area contributed by atoms with Crippen LogP contribution in [0.25, 0.3) is 0 Å². The number of nitrogens with two attached hydrogens (primary N) is 1. The third-order valence-electron chi connectivity index (χ3n) is 4.16. The van der Waals surface area contributed by atoms with Gasteiger partial charge < -0.3 is 11.1 Å². The number of halogens is 2. The van der Waals surface area contributed by atoms with Crippen LogP contribution in [0.15, 0.2) is 24.5 Å². The highest BCUT2D eigenvalue weighted by molar-refractivity contribution is 5.86. The Morgan fingerprint density at radius 3 is 2.43 bits per heavy atom. The van der Waals surface area contributed by atoms with E-state index in [0.717, 1.165) is 37.7 Å². The molecule has 1 saturated carbocycles. The first-order valence-electron chi connectivity index (χ1n) is 7.80. The molecule has 0 aliphatic heterocycles. The van der Waals surface area contributed by atoms with Crippen LogP contribution >= 0.6 is 24.8 Å². The summed E-state index contributed by atoms with van der Waals surface area (Å²) in [5.74, 6) is -0.0156. The normalized spacial score (nSPS) is 17.6. The number of amides is 1. The molecule has 0 aromatic carbocycles. The highest BCUT2D eigenvalue weighted by atomic mass is 35.5. The molecule has 1 aromatic rings. The largest absolute Gasteiger partial charge is 0.348 e. The number of nitrogens with zero attached hydrogens (tertiary/aromatic N) is 1. The summed E-state index contributed by atoms with van der Waals surface area (Å²) in [6.45, 7) is 6.53. The summed E-state index contributed by atoms with van der Waals surface area (Å²) in [7, 11) is 0. The summed E-state index contributed by atoms with van der Waals surface area (Å²) >= 11 is 0. The molecule has 1 atom stereocenters. The smallest absolute Gasteiger partial charge is 0.240 e. The summed E-state index contributed by atoms with van der Waals surface area (Å²) in [4.78, 5) is 16.8. The summed E-state index contributed by atoms with van der Waals surface area (Å²) in [5, 5.41) is 3.17. The zero-order chi connectivity index (χ0) is 15.5. The van der Waals surface area contributed by atoms with E-state index in [1.165, 1.54) is 0 Å². The van der Waals surface area contributed by atoms with Crippen molar-refractivity contribution >= 4 is 30.7 Å². The van der Waals surface area contributed by atoms with Gasteiger partial charge in [0.15, 0.2) is 0 Å². The molecule has 3 N–H and O–H groups in total. The summed E-state index contributed by atoms with van der Waals surface area (Å²) < 4.78 is 0. The van der Waals surface area contributed by atoms with Gasteiger partial charge >= 0.3 is 0 Å². The average Bonchev–Trinajstić information content (AvgIpc) is 2.86. The molecular weight excluding hydrogens is 333 g/mol. The monoisotopic (exact) mass is 361 g/mol. The van der Waals surface area contributed by atoms with Crippen LogP contribution in [0.4, 0.5) is 0 Å². The molecule has 1 unspecified atom stereocenters. The number of aromatic nitrogens is 1. The lowest BCUT2D eigenvalue weighted by Gasteiger charge is -2.30. The zero-order valence-electron chi connectivity index (χ0n) is 14.2. The number of carbonyl (C=O) groups excluding carboxylic acids is 1. The maximum absolute atomic E-state index is 12.6. The van der Waals surface area contributed by atoms with Gasteiger partial charge in [-0.05, 0) is 36.3 Å². The molecule has 6 heteroatoms. The predicted octanol–water partition coefficient (Wildman–Crippen LogP) is 3.79. The van der Waals surface area contributed by atoms with E-state index in [0.29, 0.717) is 0 Å². The second-order valence-corrected chi connectivity index (χ2v) is 7.44. The molecule has 1 heterocycles. The van der Waals surface area contributed by atoms with Crippen molar-refractivity contribution in [2.75, 3.05) is 0 Å². The number of nitrogens with one attached hydrogen (secondary N) is 1. The number of rotatable bonds is 4. The first-order chi connectivity index (χ1) is 9.80. The van der Waals surface area contributed by atoms with E-state index in [2.05, 4.69) is 31.1 Å². The minimum absolute atomic E-state index is 0. The van der Waals surface area contributed by atoms with Crippen LogP contribution in [0.5, 0.6) is 0 Å². The second kappa shape index (κ2) is 8.86. The Balaban J connectivity index is 0.00000242. The van der Waals surface area contributed by atoms with E-state index in [1.807, 2.05) is 18.3 Å². The average molecular weight is 362 g/mol. The van der Waals surface area contributed by atoms with Crippen molar-refractivity contribution in [2.45, 2.75) is 64.5 Å². The van der Waals surface area contributed by atoms with Gasteiger partial charge in [0.1, 0.15) is 0 Å². The highest BCUT2D eigenvalue weighted by Gasteiger charge is 2.38. The van der Waals surface area contributed by atoms with Crippen molar-refractivity contribution in [3.05, 3.63) is 30.1 Å². The lowest BCUT2D eigenvalue weighted by Crippen LogP contribution is -2.53. The minimum atomic E-state index is -0.682. The SMILES string of the molecule is CC(C)(C)CC(NC(=O)C1(N)CCCC1)c1cccnc1.Cl.Cl. The van der Waals surface area contributed by atoms with E-state index >= 15 is 0 Å². The molecule has 0 radical (unpaired) electrons. The fraction of sp³-hybridized carbons (Fsp3) is 0.647. The molecule has 0 bridgehead atoms. The molecule has 0 saturated heterocycles. The van der Waals surface area contributed by atoms with E-state index < -0.39 is 5.54 Å². The summed E-state index contributed by atoms with van der Waals surface area (Å²) in [5.41, 5.74) is 6.74. The minimum Gasteiger partial charge on any atom is -0.348 e. The Morgan fingerprint density at radius 2 is 1.96 bits per heavy atom. The topological polar surface area (TPSA) is 68.0 Å². The van der Waals surface area contributed by atoms with Crippen LogP contribution in [-0.4, -0.2) is 16.4 Å². The van der Waals surface area contributed by atoms with Crippen LogP contribution < -0.4 is 11.1 Å². The molecule has 1 fully saturated rings. The highest BCUT2D eigenvalue weighted by Crippen LogP contribution is 2.32. The van der Waals surface area contributed by atoms with Crippen LogP contribution in [0.1, 0.15) is 64.5 Å². The Morgan fingerprint density at radius 1 is 1.35 bits per heavy atom. The van der Waals surface area contributed by atoms with Gasteiger partial charge in [-0.25, -0.2) is 0 Å². The molecular formula is C17H29Cl2N3O. The predicted molar refractivity (Wildman–Crippen MR) is 99.1 cm³/mol. The van der Waals surface area contributed by atoms with E-state index in [-0.39, 0.29) is 42.2 Å². The number of carbonyl (C=O) groups is 1. The van der Waals surface area contributed by atoms with Gasteiger partial charge in [0.2, 0.25) is 5.91 Å². The van der Waals surface area contributed by atoms with Crippen LogP contribution in [0.3, 0.4) is 0 Å². The Labute approximate surface area is 151 Å². The fourth-order valence-electron chi connectivity index (χ4n) is 2.98. The maximum atomic E-state index is 12.6. The molecule has 2 rings (SSSR count). The Hall–Kier alpha value is -0.840. The van der Waals surface area contributed by atoms with Gasteiger partial charge in [-0.2, -0.15) is 0 Å². The first-order valence-corrected chi connectivity index (χ1v) is 7.80. The standard InChI is InChI=1S/C17H27N3O.2ClH/c1-16(2,3)11-14(13-7-6-10-19-12-13)20-15(21)17(18)8-4-5-9-17;;/h6-7,10,12,14H,4-5,8-9,11,18H2,1-3H3,(H,20,21);2*1H. The number of pyridine rings is 1. The maximum Gasteiger partial charge on any atom is 0.240 e. The molecule has 0 spiro atoms. The van der Waals surface area contributed by atoms with Crippen molar-refractivity contribution in [1.82, 2.24) is 10.3 Å². The van der Waals surface area contributed by atoms with Crippen molar-refractivity contribution < 1.29 is 4.79 Å². The van der Waals surface area contributed by atoms with Crippen molar-refractivity contribution in [3.63, 3.8) is 0 Å². The first kappa shape index (κ1) is 22.2. The summed E-state index contributed by atoms with van der Waals surface area (Å²) in [6, 6.07) is 3.89. The summed E-state index contributed by atoms with van der Waals surface area (Å²) in [6.07, 6.45) is 8.10.